The maximum Gasteiger partial charge on any atom is 0.331 e. The van der Waals surface area contributed by atoms with Crippen molar-refractivity contribution in [2.75, 3.05) is 12.4 Å². The normalized spacial score (nSPS) is 11.8. The average Bonchev–Trinajstić information content (AvgIpc) is 2.62. The lowest BCUT2D eigenvalue weighted by Crippen LogP contribution is -2.29. The van der Waals surface area contributed by atoms with Crippen molar-refractivity contribution in [3.8, 4) is 5.75 Å². The van der Waals surface area contributed by atoms with Crippen LogP contribution < -0.4 is 10.1 Å². The number of anilines is 1. The third-order valence-electron chi connectivity index (χ3n) is 3.59. The van der Waals surface area contributed by atoms with Gasteiger partial charge < -0.3 is 14.8 Å². The largest absolute Gasteiger partial charge is 0.497 e. The number of hydrogen-bond acceptors (Lipinski definition) is 4. The lowest BCUT2D eigenvalue weighted by atomic mass is 10.2. The van der Waals surface area contributed by atoms with E-state index in [0.29, 0.717) is 5.69 Å². The summed E-state index contributed by atoms with van der Waals surface area (Å²) in [6.45, 7) is 3.43. The van der Waals surface area contributed by atoms with Gasteiger partial charge in [-0.1, -0.05) is 30.3 Å². The smallest absolute Gasteiger partial charge is 0.331 e. The predicted octanol–water partition coefficient (Wildman–Crippen LogP) is 3.59. The van der Waals surface area contributed by atoms with Crippen LogP contribution in [0.4, 0.5) is 5.69 Å². The lowest BCUT2D eigenvalue weighted by Gasteiger charge is -2.13. The van der Waals surface area contributed by atoms with Crippen LogP contribution in [-0.2, 0) is 14.3 Å². The van der Waals surface area contributed by atoms with E-state index < -0.39 is 12.1 Å². The molecule has 0 aromatic heterocycles. The molecule has 2 aromatic carbocycles. The fourth-order valence-electron chi connectivity index (χ4n) is 2.09. The molecule has 1 atom stereocenters. The first-order chi connectivity index (χ1) is 12.0. The summed E-state index contributed by atoms with van der Waals surface area (Å²) in [5.41, 5.74) is 2.47. The molecule has 1 N–H and O–H groups in total. The van der Waals surface area contributed by atoms with E-state index in [-0.39, 0.29) is 5.91 Å². The van der Waals surface area contributed by atoms with E-state index in [0.717, 1.165) is 16.9 Å². The summed E-state index contributed by atoms with van der Waals surface area (Å²) in [7, 11) is 1.59. The predicted molar refractivity (Wildman–Crippen MR) is 97.4 cm³/mol. The van der Waals surface area contributed by atoms with Crippen molar-refractivity contribution in [2.24, 2.45) is 0 Å². The average molecular weight is 339 g/mol. The minimum atomic E-state index is -0.896. The molecule has 0 radical (unpaired) electrons. The number of hydrogen-bond donors (Lipinski definition) is 1. The zero-order valence-corrected chi connectivity index (χ0v) is 14.5. The molecule has 2 rings (SSSR count). The van der Waals surface area contributed by atoms with Crippen molar-refractivity contribution < 1.29 is 19.1 Å². The first kappa shape index (κ1) is 18.3. The molecule has 130 valence electrons. The molecule has 1 amide bonds. The number of methoxy groups -OCH3 is 1. The molecular weight excluding hydrogens is 318 g/mol. The summed E-state index contributed by atoms with van der Waals surface area (Å²) >= 11 is 0. The molecule has 0 aliphatic rings. The summed E-state index contributed by atoms with van der Waals surface area (Å²) < 4.78 is 10.2. The first-order valence-electron chi connectivity index (χ1n) is 7.89. The maximum absolute atomic E-state index is 12.1. The van der Waals surface area contributed by atoms with Gasteiger partial charge in [-0.25, -0.2) is 4.79 Å². The minimum absolute atomic E-state index is 0.375. The van der Waals surface area contributed by atoms with Crippen LogP contribution in [-0.4, -0.2) is 25.1 Å². The number of rotatable bonds is 6. The van der Waals surface area contributed by atoms with Crippen LogP contribution in [0.25, 0.3) is 6.08 Å². The quantitative estimate of drug-likeness (QED) is 0.645. The van der Waals surface area contributed by atoms with E-state index in [1.54, 1.807) is 31.4 Å². The summed E-state index contributed by atoms with van der Waals surface area (Å²) in [4.78, 5) is 24.0. The fourth-order valence-corrected chi connectivity index (χ4v) is 2.09. The van der Waals surface area contributed by atoms with Gasteiger partial charge >= 0.3 is 5.97 Å². The van der Waals surface area contributed by atoms with E-state index in [9.17, 15) is 9.59 Å². The standard InChI is InChI=1S/C20H21NO4/c1-14-6-4-5-7-18(14)21-20(23)15(2)25-19(22)13-10-16-8-11-17(24-3)12-9-16/h4-13,15H,1-3H3,(H,21,23)/b13-10+. The van der Waals surface area contributed by atoms with Crippen molar-refractivity contribution in [2.45, 2.75) is 20.0 Å². The van der Waals surface area contributed by atoms with Crippen LogP contribution in [0.1, 0.15) is 18.1 Å². The Bertz CT molecular complexity index is 766. The minimum Gasteiger partial charge on any atom is -0.497 e. The van der Waals surface area contributed by atoms with E-state index in [2.05, 4.69) is 5.32 Å². The molecule has 5 nitrogen and oxygen atoms in total. The van der Waals surface area contributed by atoms with Crippen molar-refractivity contribution in [1.29, 1.82) is 0 Å². The summed E-state index contributed by atoms with van der Waals surface area (Å²) in [5.74, 6) is -0.218. The molecule has 1 unspecified atom stereocenters. The number of aryl methyl sites for hydroxylation is 1. The third kappa shape index (κ3) is 5.49. The highest BCUT2D eigenvalue weighted by atomic mass is 16.5. The van der Waals surface area contributed by atoms with E-state index in [4.69, 9.17) is 9.47 Å². The molecule has 0 saturated heterocycles. The molecule has 0 bridgehead atoms. The highest BCUT2D eigenvalue weighted by Crippen LogP contribution is 2.14. The van der Waals surface area contributed by atoms with Crippen molar-refractivity contribution in [3.63, 3.8) is 0 Å². The number of para-hydroxylation sites is 1. The molecule has 0 spiro atoms. The van der Waals surface area contributed by atoms with Crippen LogP contribution in [0, 0.1) is 6.92 Å². The van der Waals surface area contributed by atoms with Gasteiger partial charge in [0.05, 0.1) is 7.11 Å². The van der Waals surface area contributed by atoms with Gasteiger partial charge in [-0.15, -0.1) is 0 Å². The number of carbonyl (C=O) groups is 2. The van der Waals surface area contributed by atoms with Gasteiger partial charge in [0.2, 0.25) is 0 Å². The topological polar surface area (TPSA) is 64.6 Å². The van der Waals surface area contributed by atoms with Crippen LogP contribution >= 0.6 is 0 Å². The van der Waals surface area contributed by atoms with Gasteiger partial charge in [0.15, 0.2) is 6.10 Å². The molecule has 25 heavy (non-hydrogen) atoms. The van der Waals surface area contributed by atoms with E-state index in [1.807, 2.05) is 37.3 Å². The Hall–Kier alpha value is -3.08. The Morgan fingerprint density at radius 3 is 2.40 bits per heavy atom. The third-order valence-corrected chi connectivity index (χ3v) is 3.59. The monoisotopic (exact) mass is 339 g/mol. The van der Waals surface area contributed by atoms with E-state index >= 15 is 0 Å². The van der Waals surface area contributed by atoms with Crippen molar-refractivity contribution in [1.82, 2.24) is 0 Å². The zero-order chi connectivity index (χ0) is 18.2. The highest BCUT2D eigenvalue weighted by Gasteiger charge is 2.17. The summed E-state index contributed by atoms with van der Waals surface area (Å²) in [6, 6.07) is 14.6. The van der Waals surface area contributed by atoms with Gasteiger partial charge in [0.1, 0.15) is 5.75 Å². The Labute approximate surface area is 147 Å². The Balaban J connectivity index is 1.89. The number of nitrogens with one attached hydrogen (secondary N) is 1. The van der Waals surface area contributed by atoms with Gasteiger partial charge in [-0.2, -0.15) is 0 Å². The van der Waals surface area contributed by atoms with Crippen LogP contribution in [0.2, 0.25) is 0 Å². The van der Waals surface area contributed by atoms with Gasteiger partial charge in [-0.3, -0.25) is 4.79 Å². The highest BCUT2D eigenvalue weighted by molar-refractivity contribution is 5.97. The second-order valence-electron chi connectivity index (χ2n) is 5.49. The lowest BCUT2D eigenvalue weighted by molar-refractivity contribution is -0.148. The Morgan fingerprint density at radius 1 is 1.08 bits per heavy atom. The van der Waals surface area contributed by atoms with Gasteiger partial charge in [0.25, 0.3) is 5.91 Å². The van der Waals surface area contributed by atoms with E-state index in [1.165, 1.54) is 13.0 Å². The van der Waals surface area contributed by atoms with Crippen LogP contribution in [0.3, 0.4) is 0 Å². The summed E-state index contributed by atoms with van der Waals surface area (Å²) in [6.07, 6.45) is 2.01. The number of ether oxygens (including phenoxy) is 2. The maximum atomic E-state index is 12.1. The molecule has 0 fully saturated rings. The number of carbonyl (C=O) groups excluding carboxylic acids is 2. The molecule has 0 aliphatic heterocycles. The summed E-state index contributed by atoms with van der Waals surface area (Å²) in [5, 5.41) is 2.75. The Morgan fingerprint density at radius 2 is 1.76 bits per heavy atom. The van der Waals surface area contributed by atoms with Gasteiger partial charge in [0, 0.05) is 11.8 Å². The van der Waals surface area contributed by atoms with Crippen LogP contribution in [0.15, 0.2) is 54.6 Å². The molecule has 2 aromatic rings. The van der Waals surface area contributed by atoms with Crippen LogP contribution in [0.5, 0.6) is 5.75 Å². The Kier molecular flexibility index (Phi) is 6.34. The number of amides is 1. The van der Waals surface area contributed by atoms with Gasteiger partial charge in [-0.05, 0) is 49.2 Å². The fraction of sp³-hybridized carbons (Fsp3) is 0.200. The SMILES string of the molecule is COc1ccc(/C=C/C(=O)OC(C)C(=O)Nc2ccccc2C)cc1. The number of esters is 1. The first-order valence-corrected chi connectivity index (χ1v) is 7.89. The van der Waals surface area contributed by atoms with Crippen molar-refractivity contribution in [3.05, 3.63) is 65.7 Å². The molecule has 0 aliphatic carbocycles. The molecule has 5 heteroatoms. The molecule has 0 saturated carbocycles. The second-order valence-corrected chi connectivity index (χ2v) is 5.49. The zero-order valence-electron chi connectivity index (χ0n) is 14.5. The van der Waals surface area contributed by atoms with Crippen molar-refractivity contribution >= 4 is 23.6 Å². The number of benzene rings is 2. The molecule has 0 heterocycles. The second kappa shape index (κ2) is 8.68. The molecular formula is C20H21NO4.